The summed E-state index contributed by atoms with van der Waals surface area (Å²) < 4.78 is 1.26. The fraction of sp³-hybridized carbons (Fsp3) is 0.500. The molecule has 0 saturated carbocycles. The highest BCUT2D eigenvalue weighted by Gasteiger charge is 2.07. The lowest BCUT2D eigenvalue weighted by atomic mass is 10.2. The topological polar surface area (TPSA) is 28.2 Å². The quantitative estimate of drug-likeness (QED) is 0.812. The molecule has 4 heteroatoms. The number of likely N-dealkylation sites (N-methyl/N-ethyl adjacent to an activating group) is 1. The summed E-state index contributed by atoms with van der Waals surface area (Å²) in [5.74, 6) is 0.706. The minimum absolute atomic E-state index is 0.706. The molecule has 0 aliphatic carbocycles. The Balaban J connectivity index is 1.90. The molecule has 0 aliphatic heterocycles. The highest BCUT2D eigenvalue weighted by atomic mass is 32.1. The van der Waals surface area contributed by atoms with Crippen molar-refractivity contribution in [3.8, 4) is 0 Å². The summed E-state index contributed by atoms with van der Waals surface area (Å²) in [5, 5.41) is 4.55. The lowest BCUT2D eigenvalue weighted by molar-refractivity contribution is 0.554. The molecule has 1 heterocycles. The van der Waals surface area contributed by atoms with Crippen LogP contribution in [0.4, 0.5) is 5.13 Å². The van der Waals surface area contributed by atoms with Crippen molar-refractivity contribution in [2.45, 2.75) is 13.8 Å². The molecule has 18 heavy (non-hydrogen) atoms. The van der Waals surface area contributed by atoms with Crippen LogP contribution in [0.1, 0.15) is 13.8 Å². The number of fused-ring (bicyclic) bond motifs is 1. The van der Waals surface area contributed by atoms with E-state index in [0.29, 0.717) is 5.92 Å². The Bertz CT molecular complexity index is 459. The number of anilines is 1. The number of aromatic nitrogens is 1. The van der Waals surface area contributed by atoms with E-state index in [9.17, 15) is 0 Å². The zero-order valence-corrected chi connectivity index (χ0v) is 12.1. The molecule has 0 aliphatic rings. The first-order valence-electron chi connectivity index (χ1n) is 6.44. The summed E-state index contributed by atoms with van der Waals surface area (Å²) in [6.07, 6.45) is 0. The van der Waals surface area contributed by atoms with E-state index in [4.69, 9.17) is 0 Å². The van der Waals surface area contributed by atoms with Crippen LogP contribution in [0.5, 0.6) is 0 Å². The second-order valence-electron chi connectivity index (χ2n) is 4.98. The van der Waals surface area contributed by atoms with Crippen LogP contribution >= 0.6 is 11.3 Å². The summed E-state index contributed by atoms with van der Waals surface area (Å²) in [6.45, 7) is 7.53. The fourth-order valence-corrected chi connectivity index (χ4v) is 2.71. The van der Waals surface area contributed by atoms with Gasteiger partial charge in [0.05, 0.1) is 10.2 Å². The molecule has 0 radical (unpaired) electrons. The lowest BCUT2D eigenvalue weighted by Crippen LogP contribution is -2.30. The molecule has 0 saturated heterocycles. The van der Waals surface area contributed by atoms with Crippen LogP contribution in [0.25, 0.3) is 10.2 Å². The number of rotatable bonds is 6. The highest BCUT2D eigenvalue weighted by Crippen LogP contribution is 2.27. The van der Waals surface area contributed by atoms with Gasteiger partial charge in [-0.05, 0) is 24.6 Å². The third-order valence-electron chi connectivity index (χ3n) is 2.79. The molecular formula is C14H21N3S. The van der Waals surface area contributed by atoms with Gasteiger partial charge in [-0.25, -0.2) is 4.98 Å². The number of nitrogens with one attached hydrogen (secondary N) is 1. The number of benzene rings is 1. The van der Waals surface area contributed by atoms with Gasteiger partial charge in [0, 0.05) is 20.1 Å². The van der Waals surface area contributed by atoms with E-state index in [1.54, 1.807) is 11.3 Å². The monoisotopic (exact) mass is 263 g/mol. The van der Waals surface area contributed by atoms with E-state index in [-0.39, 0.29) is 0 Å². The average molecular weight is 263 g/mol. The van der Waals surface area contributed by atoms with Crippen molar-refractivity contribution in [3.05, 3.63) is 24.3 Å². The minimum atomic E-state index is 0.706. The van der Waals surface area contributed by atoms with Crippen LogP contribution in [0.15, 0.2) is 24.3 Å². The molecule has 3 nitrogen and oxygen atoms in total. The second kappa shape index (κ2) is 6.16. The van der Waals surface area contributed by atoms with Crippen molar-refractivity contribution < 1.29 is 0 Å². The second-order valence-corrected chi connectivity index (χ2v) is 5.99. The predicted molar refractivity (Wildman–Crippen MR) is 80.6 cm³/mol. The maximum atomic E-state index is 4.64. The molecule has 0 fully saturated rings. The van der Waals surface area contributed by atoms with E-state index in [1.807, 2.05) is 6.07 Å². The summed E-state index contributed by atoms with van der Waals surface area (Å²) in [7, 11) is 2.11. The van der Waals surface area contributed by atoms with E-state index < -0.39 is 0 Å². The molecule has 2 rings (SSSR count). The third kappa shape index (κ3) is 3.43. The molecule has 0 bridgehead atoms. The molecule has 1 aromatic heterocycles. The van der Waals surface area contributed by atoms with Gasteiger partial charge in [0.25, 0.3) is 0 Å². The Morgan fingerprint density at radius 3 is 2.83 bits per heavy atom. The van der Waals surface area contributed by atoms with Crippen molar-refractivity contribution >= 4 is 26.7 Å². The van der Waals surface area contributed by atoms with Crippen molar-refractivity contribution in [1.29, 1.82) is 0 Å². The number of hydrogen-bond acceptors (Lipinski definition) is 4. The number of para-hydroxylation sites is 1. The average Bonchev–Trinajstić information content (AvgIpc) is 2.78. The van der Waals surface area contributed by atoms with Gasteiger partial charge in [-0.1, -0.05) is 37.3 Å². The highest BCUT2D eigenvalue weighted by molar-refractivity contribution is 7.22. The molecule has 1 aromatic carbocycles. The van der Waals surface area contributed by atoms with Crippen LogP contribution in [-0.2, 0) is 0 Å². The summed E-state index contributed by atoms with van der Waals surface area (Å²) >= 11 is 1.76. The zero-order chi connectivity index (χ0) is 13.0. The van der Waals surface area contributed by atoms with E-state index in [2.05, 4.69) is 54.3 Å². The first-order valence-corrected chi connectivity index (χ1v) is 7.26. The van der Waals surface area contributed by atoms with Crippen LogP contribution in [-0.4, -0.2) is 31.7 Å². The fourth-order valence-electron chi connectivity index (χ4n) is 1.76. The minimum Gasteiger partial charge on any atom is -0.350 e. The molecule has 98 valence electrons. The lowest BCUT2D eigenvalue weighted by Gasteiger charge is -2.16. The number of hydrogen-bond donors (Lipinski definition) is 1. The van der Waals surface area contributed by atoms with Crippen molar-refractivity contribution in [2.75, 3.05) is 31.6 Å². The van der Waals surface area contributed by atoms with Gasteiger partial charge in [0.15, 0.2) is 5.13 Å². The maximum Gasteiger partial charge on any atom is 0.186 e. The first kappa shape index (κ1) is 13.3. The van der Waals surface area contributed by atoms with Crippen LogP contribution < -0.4 is 10.2 Å². The van der Waals surface area contributed by atoms with Crippen molar-refractivity contribution in [2.24, 2.45) is 5.92 Å². The van der Waals surface area contributed by atoms with Gasteiger partial charge in [-0.3, -0.25) is 0 Å². The maximum absolute atomic E-state index is 4.64. The van der Waals surface area contributed by atoms with E-state index in [1.165, 1.54) is 4.70 Å². The SMILES string of the molecule is CC(C)CNCCN(C)c1nc2ccccc2s1. The Kier molecular flexibility index (Phi) is 4.55. The normalized spacial score (nSPS) is 11.3. The van der Waals surface area contributed by atoms with Gasteiger partial charge in [-0.15, -0.1) is 0 Å². The van der Waals surface area contributed by atoms with Crippen LogP contribution in [0.2, 0.25) is 0 Å². The van der Waals surface area contributed by atoms with Gasteiger partial charge in [0.1, 0.15) is 0 Å². The van der Waals surface area contributed by atoms with Crippen LogP contribution in [0.3, 0.4) is 0 Å². The molecular weight excluding hydrogens is 242 g/mol. The number of nitrogens with zero attached hydrogens (tertiary/aromatic N) is 2. The smallest absolute Gasteiger partial charge is 0.186 e. The Morgan fingerprint density at radius 2 is 2.11 bits per heavy atom. The predicted octanol–water partition coefficient (Wildman–Crippen LogP) is 2.98. The standard InChI is InChI=1S/C14H21N3S/c1-11(2)10-15-8-9-17(3)14-16-12-6-4-5-7-13(12)18-14/h4-7,11,15H,8-10H2,1-3H3. The molecule has 0 atom stereocenters. The third-order valence-corrected chi connectivity index (χ3v) is 3.94. The summed E-state index contributed by atoms with van der Waals surface area (Å²) in [6, 6.07) is 8.30. The van der Waals surface area contributed by atoms with Gasteiger partial charge in [-0.2, -0.15) is 0 Å². The van der Waals surface area contributed by atoms with Gasteiger partial charge in [0.2, 0.25) is 0 Å². The molecule has 0 amide bonds. The van der Waals surface area contributed by atoms with Gasteiger partial charge < -0.3 is 10.2 Å². The van der Waals surface area contributed by atoms with Gasteiger partial charge >= 0.3 is 0 Å². The molecule has 0 spiro atoms. The summed E-state index contributed by atoms with van der Waals surface area (Å²) in [4.78, 5) is 6.86. The summed E-state index contributed by atoms with van der Waals surface area (Å²) in [5.41, 5.74) is 1.10. The van der Waals surface area contributed by atoms with Crippen LogP contribution in [0, 0.1) is 5.92 Å². The van der Waals surface area contributed by atoms with E-state index >= 15 is 0 Å². The Labute approximate surface area is 113 Å². The van der Waals surface area contributed by atoms with E-state index in [0.717, 1.165) is 30.3 Å². The molecule has 2 aromatic rings. The Morgan fingerprint density at radius 1 is 1.33 bits per heavy atom. The first-order chi connectivity index (χ1) is 8.66. The van der Waals surface area contributed by atoms with Crippen molar-refractivity contribution in [3.63, 3.8) is 0 Å². The molecule has 1 N–H and O–H groups in total. The molecule has 0 unspecified atom stereocenters. The largest absolute Gasteiger partial charge is 0.350 e. The number of thiazole rings is 1. The zero-order valence-electron chi connectivity index (χ0n) is 11.3. The Hall–Kier alpha value is -1.13. The van der Waals surface area contributed by atoms with Crippen molar-refractivity contribution in [1.82, 2.24) is 10.3 Å².